The van der Waals surface area contributed by atoms with E-state index in [0.29, 0.717) is 0 Å². The molecular formula is C5H10O9P2. The van der Waals surface area contributed by atoms with Crippen molar-refractivity contribution in [2.45, 2.75) is 19.8 Å². The van der Waals surface area contributed by atoms with Crippen molar-refractivity contribution in [2.75, 3.05) is 0 Å². The SMILES string of the molecule is CC(=O)CCC(=O)OP(=O)(O)OP(=O)(O)O. The van der Waals surface area contributed by atoms with Gasteiger partial charge in [-0.3, -0.25) is 9.69 Å². The molecule has 0 aliphatic heterocycles. The molecule has 0 aromatic carbocycles. The topological polar surface area (TPSA) is 147 Å². The molecule has 0 aliphatic carbocycles. The predicted molar refractivity (Wildman–Crippen MR) is 49.0 cm³/mol. The number of hydrogen-bond donors (Lipinski definition) is 3. The quantitative estimate of drug-likeness (QED) is 0.574. The van der Waals surface area contributed by atoms with Gasteiger partial charge in [0.25, 0.3) is 0 Å². The van der Waals surface area contributed by atoms with E-state index < -0.39 is 28.0 Å². The molecule has 0 spiro atoms. The number of carbonyl (C=O) groups is 2. The molecule has 0 bridgehead atoms. The number of hydrogen-bond acceptors (Lipinski definition) is 6. The van der Waals surface area contributed by atoms with Crippen molar-refractivity contribution in [3.8, 4) is 0 Å². The second kappa shape index (κ2) is 5.67. The average molecular weight is 276 g/mol. The van der Waals surface area contributed by atoms with Crippen LogP contribution in [0.4, 0.5) is 0 Å². The highest BCUT2D eigenvalue weighted by Gasteiger charge is 2.35. The van der Waals surface area contributed by atoms with Gasteiger partial charge < -0.3 is 19.1 Å². The molecule has 94 valence electrons. The normalized spacial score (nSPS) is 15.2. The van der Waals surface area contributed by atoms with Crippen LogP contribution in [0.15, 0.2) is 0 Å². The van der Waals surface area contributed by atoms with Gasteiger partial charge in [-0.2, -0.15) is 4.31 Å². The first-order valence-electron chi connectivity index (χ1n) is 3.83. The first-order chi connectivity index (χ1) is 7.02. The summed E-state index contributed by atoms with van der Waals surface area (Å²) in [5.41, 5.74) is 0. The number of phosphoric ester groups is 1. The van der Waals surface area contributed by atoms with E-state index in [-0.39, 0.29) is 12.2 Å². The highest BCUT2D eigenvalue weighted by molar-refractivity contribution is 7.61. The highest BCUT2D eigenvalue weighted by Crippen LogP contribution is 2.57. The lowest BCUT2D eigenvalue weighted by molar-refractivity contribution is -0.137. The summed E-state index contributed by atoms with van der Waals surface area (Å²) in [5.74, 6) is -1.62. The third-order valence-electron chi connectivity index (χ3n) is 1.11. The summed E-state index contributed by atoms with van der Waals surface area (Å²) in [6, 6.07) is 0. The van der Waals surface area contributed by atoms with Crippen molar-refractivity contribution in [3.63, 3.8) is 0 Å². The molecule has 0 aromatic rings. The van der Waals surface area contributed by atoms with Crippen molar-refractivity contribution >= 4 is 27.4 Å². The van der Waals surface area contributed by atoms with Gasteiger partial charge in [-0.25, -0.2) is 9.13 Å². The van der Waals surface area contributed by atoms with E-state index in [0.717, 1.165) is 0 Å². The van der Waals surface area contributed by atoms with E-state index in [9.17, 15) is 18.7 Å². The number of Topliss-reactive ketones (excluding diaryl/α,β-unsaturated/α-hetero) is 1. The van der Waals surface area contributed by atoms with E-state index in [4.69, 9.17) is 14.7 Å². The molecule has 1 unspecified atom stereocenters. The Bertz CT molecular complexity index is 368. The average Bonchev–Trinajstić information content (AvgIpc) is 1.94. The molecule has 0 rings (SSSR count). The van der Waals surface area contributed by atoms with E-state index in [1.807, 2.05) is 0 Å². The van der Waals surface area contributed by atoms with E-state index in [1.165, 1.54) is 6.92 Å². The molecule has 0 heterocycles. The number of carbonyl (C=O) groups excluding carboxylic acids is 2. The molecule has 0 amide bonds. The Labute approximate surface area is 90.2 Å². The van der Waals surface area contributed by atoms with Gasteiger partial charge in [-0.05, 0) is 6.92 Å². The van der Waals surface area contributed by atoms with Crippen LogP contribution in [0.5, 0.6) is 0 Å². The largest absolute Gasteiger partial charge is 0.538 e. The maximum Gasteiger partial charge on any atom is 0.538 e. The summed E-state index contributed by atoms with van der Waals surface area (Å²) in [6.45, 7) is 1.19. The Morgan fingerprint density at radius 3 is 2.00 bits per heavy atom. The van der Waals surface area contributed by atoms with Crippen LogP contribution in [0, 0.1) is 0 Å². The molecule has 0 aliphatic rings. The van der Waals surface area contributed by atoms with Crippen LogP contribution in [0.25, 0.3) is 0 Å². The fourth-order valence-electron chi connectivity index (χ4n) is 0.603. The molecule has 0 saturated heterocycles. The lowest BCUT2D eigenvalue weighted by Gasteiger charge is -2.11. The van der Waals surface area contributed by atoms with Gasteiger partial charge in [0.1, 0.15) is 5.78 Å². The molecule has 9 nitrogen and oxygen atoms in total. The van der Waals surface area contributed by atoms with Crippen molar-refractivity contribution in [1.29, 1.82) is 0 Å². The molecule has 11 heteroatoms. The summed E-state index contributed by atoms with van der Waals surface area (Å²) in [5, 5.41) is 0. The lowest BCUT2D eigenvalue weighted by Crippen LogP contribution is -2.05. The minimum atomic E-state index is -5.24. The van der Waals surface area contributed by atoms with Crippen LogP contribution < -0.4 is 0 Å². The Morgan fingerprint density at radius 1 is 1.12 bits per heavy atom. The van der Waals surface area contributed by atoms with Crippen molar-refractivity contribution in [1.82, 2.24) is 0 Å². The maximum atomic E-state index is 10.8. The molecule has 0 radical (unpaired) electrons. The van der Waals surface area contributed by atoms with Crippen LogP contribution in [0.2, 0.25) is 0 Å². The van der Waals surface area contributed by atoms with Gasteiger partial charge in [0.15, 0.2) is 0 Å². The maximum absolute atomic E-state index is 10.8. The standard InChI is InChI=1S/C5H10O9P2/c1-4(6)2-3-5(7)13-16(11,12)14-15(8,9)10/h2-3H2,1H3,(H,11,12)(H2,8,9,10). The van der Waals surface area contributed by atoms with Crippen molar-refractivity contribution in [2.24, 2.45) is 0 Å². The van der Waals surface area contributed by atoms with Crippen LogP contribution in [0.3, 0.4) is 0 Å². The molecule has 16 heavy (non-hydrogen) atoms. The van der Waals surface area contributed by atoms with Gasteiger partial charge in [0, 0.05) is 6.42 Å². The van der Waals surface area contributed by atoms with Crippen molar-refractivity contribution in [3.05, 3.63) is 0 Å². The zero-order valence-corrected chi connectivity index (χ0v) is 9.89. The molecule has 1 atom stereocenters. The minimum absolute atomic E-state index is 0.214. The molecule has 0 aromatic heterocycles. The minimum Gasteiger partial charge on any atom is -0.370 e. The third kappa shape index (κ3) is 8.72. The van der Waals surface area contributed by atoms with Gasteiger partial charge in [0.2, 0.25) is 0 Å². The Kier molecular flexibility index (Phi) is 5.48. The smallest absolute Gasteiger partial charge is 0.370 e. The molecule has 0 fully saturated rings. The second-order valence-corrected chi connectivity index (χ2v) is 5.46. The van der Waals surface area contributed by atoms with Gasteiger partial charge in [-0.1, -0.05) is 0 Å². The zero-order valence-electron chi connectivity index (χ0n) is 8.10. The Morgan fingerprint density at radius 2 is 1.62 bits per heavy atom. The first kappa shape index (κ1) is 15.4. The number of ketones is 1. The summed E-state index contributed by atoms with van der Waals surface area (Å²) in [7, 11) is -10.4. The van der Waals surface area contributed by atoms with E-state index in [2.05, 4.69) is 8.83 Å². The van der Waals surface area contributed by atoms with Crippen LogP contribution in [-0.2, 0) is 27.6 Å². The fourth-order valence-corrected chi connectivity index (χ4v) is 2.16. The first-order valence-corrected chi connectivity index (χ1v) is 6.86. The van der Waals surface area contributed by atoms with Gasteiger partial charge in [0.05, 0.1) is 6.42 Å². The molecule has 3 N–H and O–H groups in total. The van der Waals surface area contributed by atoms with E-state index >= 15 is 0 Å². The van der Waals surface area contributed by atoms with Crippen LogP contribution >= 0.6 is 15.6 Å². The Hall–Kier alpha value is -0.560. The summed E-state index contributed by atoms with van der Waals surface area (Å²) >= 11 is 0. The lowest BCUT2D eigenvalue weighted by atomic mass is 10.2. The predicted octanol–water partition coefficient (Wildman–Crippen LogP) is 0.108. The highest BCUT2D eigenvalue weighted by atomic mass is 31.3. The number of rotatable bonds is 6. The van der Waals surface area contributed by atoms with Crippen LogP contribution in [0.1, 0.15) is 19.8 Å². The summed E-state index contributed by atoms with van der Waals surface area (Å²) in [6.07, 6.45) is -0.695. The van der Waals surface area contributed by atoms with Gasteiger partial charge in [-0.15, -0.1) is 0 Å². The monoisotopic (exact) mass is 276 g/mol. The molecule has 0 saturated carbocycles. The van der Waals surface area contributed by atoms with E-state index in [1.54, 1.807) is 0 Å². The van der Waals surface area contributed by atoms with Gasteiger partial charge >= 0.3 is 21.6 Å². The summed E-state index contributed by atoms with van der Waals surface area (Å²) in [4.78, 5) is 46.3. The van der Waals surface area contributed by atoms with Crippen LogP contribution in [-0.4, -0.2) is 26.4 Å². The number of phosphoric acid groups is 2. The third-order valence-corrected chi connectivity index (χ3v) is 3.22. The molecular weight excluding hydrogens is 266 g/mol. The summed E-state index contributed by atoms with van der Waals surface area (Å²) < 4.78 is 28.1. The zero-order chi connectivity index (χ0) is 13.0. The van der Waals surface area contributed by atoms with Crippen molar-refractivity contribution < 1.29 is 42.2 Å². The Balaban J connectivity index is 4.27. The fraction of sp³-hybridized carbons (Fsp3) is 0.600. The second-order valence-electron chi connectivity index (χ2n) is 2.71.